The third kappa shape index (κ3) is 5.66. The van der Waals surface area contributed by atoms with E-state index in [-0.39, 0.29) is 0 Å². The number of rotatable bonds is 6. The Morgan fingerprint density at radius 2 is 1.81 bits per heavy atom. The Bertz CT molecular complexity index is 714. The third-order valence-corrected chi connectivity index (χ3v) is 4.83. The van der Waals surface area contributed by atoms with Gasteiger partial charge >= 0.3 is 6.18 Å². The second-order valence-corrected chi connectivity index (χ2v) is 7.21. The van der Waals surface area contributed by atoms with Gasteiger partial charge in [-0.05, 0) is 49.4 Å². The van der Waals surface area contributed by atoms with Crippen molar-refractivity contribution in [2.24, 2.45) is 5.92 Å². The van der Waals surface area contributed by atoms with E-state index in [9.17, 15) is 13.2 Å². The summed E-state index contributed by atoms with van der Waals surface area (Å²) in [4.78, 5) is 11.2. The largest absolute Gasteiger partial charge is 0.416 e. The number of nitrogens with zero attached hydrogens (tertiary/aromatic N) is 3. The Hall–Kier alpha value is -2.15. The quantitative estimate of drug-likeness (QED) is 0.770. The standard InChI is InChI=1S/C20H25F3N4/c1-15-3-2-10-27(14-15)19-25-12-17(13-26-19)11-24-9-8-16-4-6-18(7-5-16)20(21,22)23/h4-7,12-13,15,24H,2-3,8-11,14H2,1H3/t15-/m1/s1. The van der Waals surface area contributed by atoms with E-state index in [1.165, 1.54) is 25.0 Å². The number of alkyl halides is 3. The van der Waals surface area contributed by atoms with Crippen LogP contribution in [-0.2, 0) is 19.1 Å². The highest BCUT2D eigenvalue weighted by molar-refractivity contribution is 5.30. The maximum Gasteiger partial charge on any atom is 0.416 e. The summed E-state index contributed by atoms with van der Waals surface area (Å²) >= 11 is 0. The van der Waals surface area contributed by atoms with Gasteiger partial charge in [0.25, 0.3) is 0 Å². The van der Waals surface area contributed by atoms with Gasteiger partial charge in [0, 0.05) is 37.6 Å². The smallest absolute Gasteiger partial charge is 0.341 e. The number of nitrogens with one attached hydrogen (secondary N) is 1. The van der Waals surface area contributed by atoms with Crippen LogP contribution in [0.2, 0.25) is 0 Å². The van der Waals surface area contributed by atoms with Crippen molar-refractivity contribution in [3.63, 3.8) is 0 Å². The molecule has 0 bridgehead atoms. The minimum Gasteiger partial charge on any atom is -0.341 e. The topological polar surface area (TPSA) is 41.1 Å². The van der Waals surface area contributed by atoms with Crippen molar-refractivity contribution < 1.29 is 13.2 Å². The summed E-state index contributed by atoms with van der Waals surface area (Å²) in [5, 5.41) is 3.29. The van der Waals surface area contributed by atoms with Crippen molar-refractivity contribution in [3.05, 3.63) is 53.3 Å². The number of anilines is 1. The lowest BCUT2D eigenvalue weighted by Crippen LogP contribution is -2.35. The van der Waals surface area contributed by atoms with Gasteiger partial charge < -0.3 is 10.2 Å². The monoisotopic (exact) mass is 378 g/mol. The molecule has 2 aromatic rings. The first-order valence-electron chi connectivity index (χ1n) is 9.34. The fourth-order valence-corrected chi connectivity index (χ4v) is 3.30. The molecule has 0 saturated carbocycles. The highest BCUT2D eigenvalue weighted by atomic mass is 19.4. The average Bonchev–Trinajstić information content (AvgIpc) is 2.65. The van der Waals surface area contributed by atoms with Crippen LogP contribution < -0.4 is 10.2 Å². The molecule has 1 aromatic carbocycles. The highest BCUT2D eigenvalue weighted by Gasteiger charge is 2.29. The summed E-state index contributed by atoms with van der Waals surface area (Å²) in [6, 6.07) is 5.32. The van der Waals surface area contributed by atoms with Gasteiger partial charge in [0.1, 0.15) is 0 Å². The van der Waals surface area contributed by atoms with Crippen molar-refractivity contribution in [2.45, 2.75) is 38.9 Å². The molecular formula is C20H25F3N4. The lowest BCUT2D eigenvalue weighted by Gasteiger charge is -2.30. The Balaban J connectivity index is 1.42. The normalized spacial score (nSPS) is 17.9. The van der Waals surface area contributed by atoms with Crippen molar-refractivity contribution in [2.75, 3.05) is 24.5 Å². The number of piperidine rings is 1. The van der Waals surface area contributed by atoms with E-state index in [4.69, 9.17) is 0 Å². The number of aromatic nitrogens is 2. The second-order valence-electron chi connectivity index (χ2n) is 7.21. The SMILES string of the molecule is C[C@@H]1CCCN(c2ncc(CNCCc3ccc(C(F)(F)F)cc3)cn2)C1. The summed E-state index contributed by atoms with van der Waals surface area (Å²) in [7, 11) is 0. The molecule has 0 aliphatic carbocycles. The molecule has 2 heterocycles. The Kier molecular flexibility index (Phi) is 6.31. The van der Waals surface area contributed by atoms with E-state index in [0.29, 0.717) is 25.4 Å². The number of benzene rings is 1. The average molecular weight is 378 g/mol. The van der Waals surface area contributed by atoms with E-state index < -0.39 is 11.7 Å². The van der Waals surface area contributed by atoms with Crippen LogP contribution in [0.4, 0.5) is 19.1 Å². The van der Waals surface area contributed by atoms with Crippen molar-refractivity contribution in [1.82, 2.24) is 15.3 Å². The first kappa shape index (κ1) is 19.6. The molecule has 3 rings (SSSR count). The third-order valence-electron chi connectivity index (χ3n) is 4.83. The van der Waals surface area contributed by atoms with Crippen LogP contribution in [0.1, 0.15) is 36.5 Å². The lowest BCUT2D eigenvalue weighted by atomic mass is 10.0. The van der Waals surface area contributed by atoms with Gasteiger partial charge in [-0.3, -0.25) is 0 Å². The molecule has 0 spiro atoms. The molecule has 146 valence electrons. The molecule has 7 heteroatoms. The predicted molar refractivity (Wildman–Crippen MR) is 99.5 cm³/mol. The lowest BCUT2D eigenvalue weighted by molar-refractivity contribution is -0.137. The first-order chi connectivity index (χ1) is 12.9. The molecule has 27 heavy (non-hydrogen) atoms. The minimum absolute atomic E-state index is 0.612. The van der Waals surface area contributed by atoms with Gasteiger partial charge in [-0.1, -0.05) is 19.1 Å². The Morgan fingerprint density at radius 1 is 1.11 bits per heavy atom. The number of halogens is 3. The highest BCUT2D eigenvalue weighted by Crippen LogP contribution is 2.29. The summed E-state index contributed by atoms with van der Waals surface area (Å²) in [5.41, 5.74) is 1.26. The zero-order valence-corrected chi connectivity index (χ0v) is 15.5. The van der Waals surface area contributed by atoms with E-state index >= 15 is 0 Å². The van der Waals surface area contributed by atoms with Crippen LogP contribution in [0.15, 0.2) is 36.7 Å². The summed E-state index contributed by atoms with van der Waals surface area (Å²) in [5.74, 6) is 1.46. The second kappa shape index (κ2) is 8.69. The van der Waals surface area contributed by atoms with Crippen molar-refractivity contribution in [1.29, 1.82) is 0 Å². The molecule has 4 nitrogen and oxygen atoms in total. The molecule has 1 fully saturated rings. The molecule has 1 aliphatic heterocycles. The van der Waals surface area contributed by atoms with E-state index in [1.54, 1.807) is 0 Å². The van der Waals surface area contributed by atoms with Crippen LogP contribution in [0.3, 0.4) is 0 Å². The predicted octanol–water partition coefficient (Wildman–Crippen LogP) is 4.06. The summed E-state index contributed by atoms with van der Waals surface area (Å²) < 4.78 is 37.7. The number of hydrogen-bond donors (Lipinski definition) is 1. The van der Waals surface area contributed by atoms with Crippen LogP contribution in [0, 0.1) is 5.92 Å². The van der Waals surface area contributed by atoms with Crippen LogP contribution >= 0.6 is 0 Å². The minimum atomic E-state index is -4.28. The van der Waals surface area contributed by atoms with E-state index in [1.807, 2.05) is 12.4 Å². The van der Waals surface area contributed by atoms with Crippen molar-refractivity contribution in [3.8, 4) is 0 Å². The van der Waals surface area contributed by atoms with E-state index in [0.717, 1.165) is 42.3 Å². The van der Waals surface area contributed by atoms with Gasteiger partial charge in [-0.25, -0.2) is 9.97 Å². The Labute approximate surface area is 157 Å². The Morgan fingerprint density at radius 3 is 2.44 bits per heavy atom. The molecule has 1 saturated heterocycles. The molecule has 0 radical (unpaired) electrons. The molecule has 1 aromatic heterocycles. The van der Waals surface area contributed by atoms with Crippen LogP contribution in [-0.4, -0.2) is 29.6 Å². The van der Waals surface area contributed by atoms with Crippen molar-refractivity contribution >= 4 is 5.95 Å². The van der Waals surface area contributed by atoms with Gasteiger partial charge in [0.15, 0.2) is 0 Å². The van der Waals surface area contributed by atoms with Gasteiger partial charge in [-0.2, -0.15) is 13.2 Å². The molecule has 1 aliphatic rings. The van der Waals surface area contributed by atoms with Gasteiger partial charge in [-0.15, -0.1) is 0 Å². The van der Waals surface area contributed by atoms with Crippen LogP contribution in [0.25, 0.3) is 0 Å². The molecular weight excluding hydrogens is 353 g/mol. The van der Waals surface area contributed by atoms with Crippen LogP contribution in [0.5, 0.6) is 0 Å². The zero-order valence-electron chi connectivity index (χ0n) is 15.5. The number of hydrogen-bond acceptors (Lipinski definition) is 4. The molecule has 1 atom stereocenters. The van der Waals surface area contributed by atoms with E-state index in [2.05, 4.69) is 27.1 Å². The van der Waals surface area contributed by atoms with Gasteiger partial charge in [0.2, 0.25) is 5.95 Å². The summed E-state index contributed by atoms with van der Waals surface area (Å²) in [6.45, 7) is 5.58. The molecule has 0 amide bonds. The maximum absolute atomic E-state index is 12.6. The first-order valence-corrected chi connectivity index (χ1v) is 9.34. The maximum atomic E-state index is 12.6. The fraction of sp³-hybridized carbons (Fsp3) is 0.500. The summed E-state index contributed by atoms with van der Waals surface area (Å²) in [6.07, 6.45) is 2.51. The molecule has 1 N–H and O–H groups in total. The molecule has 0 unspecified atom stereocenters. The van der Waals surface area contributed by atoms with Gasteiger partial charge in [0.05, 0.1) is 5.56 Å². The zero-order chi connectivity index (χ0) is 19.3. The fourth-order valence-electron chi connectivity index (χ4n) is 3.30.